The number of carbonyl (C=O) groups is 1. The fourth-order valence-electron chi connectivity index (χ4n) is 3.52. The van der Waals surface area contributed by atoms with Gasteiger partial charge in [0.05, 0.1) is 12.5 Å². The lowest BCUT2D eigenvalue weighted by Gasteiger charge is -2.13. The number of aromatic nitrogens is 1. The Balaban J connectivity index is 1.42. The zero-order valence-corrected chi connectivity index (χ0v) is 15.2. The van der Waals surface area contributed by atoms with Gasteiger partial charge in [0.15, 0.2) is 0 Å². The summed E-state index contributed by atoms with van der Waals surface area (Å²) in [6.07, 6.45) is 1.56. The summed E-state index contributed by atoms with van der Waals surface area (Å²) < 4.78 is 2.04. The van der Waals surface area contributed by atoms with Crippen molar-refractivity contribution in [1.29, 1.82) is 0 Å². The number of rotatable bonds is 5. The minimum atomic E-state index is -0.730. The van der Waals surface area contributed by atoms with Crippen LogP contribution in [0.3, 0.4) is 0 Å². The molecule has 4 heteroatoms. The van der Waals surface area contributed by atoms with Crippen LogP contribution in [0.15, 0.2) is 72.9 Å². The number of nitrogens with zero attached hydrogens (tertiary/aromatic N) is 1. The summed E-state index contributed by atoms with van der Waals surface area (Å²) in [7, 11) is 1.99. The van der Waals surface area contributed by atoms with Crippen LogP contribution in [0.4, 0.5) is 0 Å². The van der Waals surface area contributed by atoms with E-state index in [1.54, 1.807) is 0 Å². The summed E-state index contributed by atoms with van der Waals surface area (Å²) in [5.41, 5.74) is 2.91. The van der Waals surface area contributed by atoms with E-state index >= 15 is 0 Å². The predicted molar refractivity (Wildman–Crippen MR) is 109 cm³/mol. The normalized spacial score (nSPS) is 12.4. The molecule has 0 aliphatic heterocycles. The van der Waals surface area contributed by atoms with Crippen molar-refractivity contribution in [2.45, 2.75) is 12.5 Å². The summed E-state index contributed by atoms with van der Waals surface area (Å²) in [4.78, 5) is 12.4. The van der Waals surface area contributed by atoms with Gasteiger partial charge >= 0.3 is 0 Å². The van der Waals surface area contributed by atoms with Crippen molar-refractivity contribution in [1.82, 2.24) is 9.88 Å². The third-order valence-electron chi connectivity index (χ3n) is 5.02. The van der Waals surface area contributed by atoms with Gasteiger partial charge in [0.2, 0.25) is 5.91 Å². The quantitative estimate of drug-likeness (QED) is 0.571. The highest BCUT2D eigenvalue weighted by Gasteiger charge is 2.12. The SMILES string of the molecule is Cn1ccc2cc([C@H](O)CNC(=O)Cc3cccc4ccccc34)ccc21. The van der Waals surface area contributed by atoms with Crippen LogP contribution in [0.5, 0.6) is 0 Å². The number of amides is 1. The molecule has 0 bridgehead atoms. The minimum Gasteiger partial charge on any atom is -0.387 e. The zero-order chi connectivity index (χ0) is 18.8. The Morgan fingerprint density at radius 2 is 1.85 bits per heavy atom. The molecule has 1 aromatic heterocycles. The van der Waals surface area contributed by atoms with Crippen molar-refractivity contribution in [2.75, 3.05) is 6.54 Å². The molecule has 0 spiro atoms. The third kappa shape index (κ3) is 3.57. The van der Waals surface area contributed by atoms with Gasteiger partial charge in [0.1, 0.15) is 0 Å². The van der Waals surface area contributed by atoms with Gasteiger partial charge in [-0.2, -0.15) is 0 Å². The summed E-state index contributed by atoms with van der Waals surface area (Å²) in [5, 5.41) is 16.6. The van der Waals surface area contributed by atoms with Crippen molar-refractivity contribution in [3.63, 3.8) is 0 Å². The summed E-state index contributed by atoms with van der Waals surface area (Å²) >= 11 is 0. The molecule has 0 fully saturated rings. The molecule has 0 saturated carbocycles. The monoisotopic (exact) mass is 358 g/mol. The molecule has 3 aromatic carbocycles. The second-order valence-electron chi connectivity index (χ2n) is 6.88. The number of nitrogens with one attached hydrogen (secondary N) is 1. The maximum Gasteiger partial charge on any atom is 0.224 e. The fraction of sp³-hybridized carbons (Fsp3) is 0.174. The van der Waals surface area contributed by atoms with E-state index in [-0.39, 0.29) is 12.5 Å². The van der Waals surface area contributed by atoms with Crippen LogP contribution in [0.2, 0.25) is 0 Å². The van der Waals surface area contributed by atoms with Gasteiger partial charge in [-0.3, -0.25) is 4.79 Å². The smallest absolute Gasteiger partial charge is 0.224 e. The average Bonchev–Trinajstić information content (AvgIpc) is 3.07. The first-order valence-corrected chi connectivity index (χ1v) is 9.08. The highest BCUT2D eigenvalue weighted by molar-refractivity contribution is 5.90. The van der Waals surface area contributed by atoms with Crippen molar-refractivity contribution >= 4 is 27.6 Å². The van der Waals surface area contributed by atoms with Crippen LogP contribution < -0.4 is 5.32 Å². The van der Waals surface area contributed by atoms with Crippen molar-refractivity contribution in [3.8, 4) is 0 Å². The Hall–Kier alpha value is -3.11. The average molecular weight is 358 g/mol. The van der Waals surface area contributed by atoms with Gasteiger partial charge in [0.25, 0.3) is 0 Å². The van der Waals surface area contributed by atoms with Gasteiger partial charge in [-0.1, -0.05) is 48.5 Å². The molecule has 2 N–H and O–H groups in total. The number of aliphatic hydroxyl groups is 1. The summed E-state index contributed by atoms with van der Waals surface area (Å²) in [5.74, 6) is -0.0915. The van der Waals surface area contributed by atoms with Crippen LogP contribution in [0, 0.1) is 0 Å². The third-order valence-corrected chi connectivity index (χ3v) is 5.02. The highest BCUT2D eigenvalue weighted by atomic mass is 16.3. The largest absolute Gasteiger partial charge is 0.387 e. The molecule has 0 aliphatic carbocycles. The molecule has 0 aliphatic rings. The molecule has 1 atom stereocenters. The van der Waals surface area contributed by atoms with E-state index in [0.29, 0.717) is 6.42 Å². The van der Waals surface area contributed by atoms with Crippen LogP contribution in [0.25, 0.3) is 21.7 Å². The topological polar surface area (TPSA) is 54.3 Å². The lowest BCUT2D eigenvalue weighted by molar-refractivity contribution is -0.120. The Kier molecular flexibility index (Phi) is 4.65. The Labute approximate surface area is 158 Å². The standard InChI is InChI=1S/C23H22N2O2/c1-25-12-11-18-13-19(9-10-21(18)25)22(26)15-24-23(27)14-17-7-4-6-16-5-2-3-8-20(16)17/h2-13,22,26H,14-15H2,1H3,(H,24,27)/t22-/m1/s1. The number of hydrogen-bond acceptors (Lipinski definition) is 2. The zero-order valence-electron chi connectivity index (χ0n) is 15.2. The number of fused-ring (bicyclic) bond motifs is 2. The van der Waals surface area contributed by atoms with E-state index in [9.17, 15) is 9.90 Å². The first-order chi connectivity index (χ1) is 13.1. The predicted octanol–water partition coefficient (Wildman–Crippen LogP) is 3.72. The molecule has 4 nitrogen and oxygen atoms in total. The molecular formula is C23H22N2O2. The van der Waals surface area contributed by atoms with Crippen LogP contribution in [-0.2, 0) is 18.3 Å². The van der Waals surface area contributed by atoms with Gasteiger partial charge < -0.3 is 15.0 Å². The van der Waals surface area contributed by atoms with Gasteiger partial charge in [-0.15, -0.1) is 0 Å². The molecule has 1 amide bonds. The lowest BCUT2D eigenvalue weighted by atomic mass is 10.0. The first-order valence-electron chi connectivity index (χ1n) is 9.08. The Morgan fingerprint density at radius 3 is 2.74 bits per heavy atom. The van der Waals surface area contributed by atoms with E-state index in [1.165, 1.54) is 0 Å². The number of carbonyl (C=O) groups excluding carboxylic acids is 1. The molecule has 27 heavy (non-hydrogen) atoms. The molecule has 136 valence electrons. The van der Waals surface area contributed by atoms with Crippen molar-refractivity contribution in [3.05, 3.63) is 84.1 Å². The first kappa shape index (κ1) is 17.3. The van der Waals surface area contributed by atoms with E-state index in [4.69, 9.17) is 0 Å². The van der Waals surface area contributed by atoms with E-state index in [1.807, 2.05) is 84.5 Å². The van der Waals surface area contributed by atoms with E-state index in [2.05, 4.69) is 5.32 Å². The second kappa shape index (κ2) is 7.25. The van der Waals surface area contributed by atoms with Crippen LogP contribution >= 0.6 is 0 Å². The number of hydrogen-bond donors (Lipinski definition) is 2. The molecule has 0 unspecified atom stereocenters. The Bertz CT molecular complexity index is 1110. The molecular weight excluding hydrogens is 336 g/mol. The molecule has 0 radical (unpaired) electrons. The fourth-order valence-corrected chi connectivity index (χ4v) is 3.52. The van der Waals surface area contributed by atoms with Crippen molar-refractivity contribution in [2.24, 2.45) is 7.05 Å². The maximum atomic E-state index is 12.4. The van der Waals surface area contributed by atoms with Crippen LogP contribution in [-0.4, -0.2) is 22.1 Å². The molecule has 4 aromatic rings. The Morgan fingerprint density at radius 1 is 1.04 bits per heavy atom. The number of aryl methyl sites for hydroxylation is 1. The van der Waals surface area contributed by atoms with Crippen LogP contribution in [0.1, 0.15) is 17.2 Å². The van der Waals surface area contributed by atoms with Crippen molar-refractivity contribution < 1.29 is 9.90 Å². The van der Waals surface area contributed by atoms with E-state index < -0.39 is 6.10 Å². The number of benzene rings is 3. The highest BCUT2D eigenvalue weighted by Crippen LogP contribution is 2.21. The molecule has 0 saturated heterocycles. The molecule has 1 heterocycles. The second-order valence-corrected chi connectivity index (χ2v) is 6.88. The molecule has 4 rings (SSSR count). The maximum absolute atomic E-state index is 12.4. The lowest BCUT2D eigenvalue weighted by Crippen LogP contribution is -2.29. The summed E-state index contributed by atoms with van der Waals surface area (Å²) in [6, 6.07) is 21.9. The minimum absolute atomic E-state index is 0.0915. The number of aliphatic hydroxyl groups excluding tert-OH is 1. The van der Waals surface area contributed by atoms with Gasteiger partial charge in [-0.25, -0.2) is 0 Å². The van der Waals surface area contributed by atoms with Gasteiger partial charge in [-0.05, 0) is 45.5 Å². The van der Waals surface area contributed by atoms with Gasteiger partial charge in [0, 0.05) is 25.3 Å². The van der Waals surface area contributed by atoms with E-state index in [0.717, 1.165) is 32.8 Å². The summed E-state index contributed by atoms with van der Waals surface area (Å²) in [6.45, 7) is 0.196.